The van der Waals surface area contributed by atoms with Crippen molar-refractivity contribution in [3.8, 4) is 0 Å². The second-order valence-corrected chi connectivity index (χ2v) is 11.4. The lowest BCUT2D eigenvalue weighted by molar-refractivity contribution is -0.124. The van der Waals surface area contributed by atoms with Crippen molar-refractivity contribution in [1.29, 1.82) is 0 Å². The molecule has 3 rings (SSSR count). The SMILES string of the molecule is CC(C)(C)C(=O)N=C1S[C@@H]2CS(=O)(=O)C[C@@H]2N1c1ccc(Cl)cc1Cl. The Morgan fingerprint density at radius 2 is 1.96 bits per heavy atom. The van der Waals surface area contributed by atoms with E-state index in [1.54, 1.807) is 43.9 Å². The minimum Gasteiger partial charge on any atom is -0.314 e. The van der Waals surface area contributed by atoms with Gasteiger partial charge in [0.25, 0.3) is 5.91 Å². The van der Waals surface area contributed by atoms with Gasteiger partial charge < -0.3 is 4.90 Å². The second kappa shape index (κ2) is 6.44. The zero-order valence-corrected chi connectivity index (χ0v) is 17.1. The molecular weight excluding hydrogens is 403 g/mol. The number of thioether (sulfide) groups is 1. The van der Waals surface area contributed by atoms with E-state index in [0.717, 1.165) is 0 Å². The van der Waals surface area contributed by atoms with Crippen molar-refractivity contribution >= 4 is 61.6 Å². The molecule has 136 valence electrons. The maximum absolute atomic E-state index is 12.4. The molecular formula is C16H18Cl2N2O3S2. The Kier molecular flexibility index (Phi) is 4.90. The highest BCUT2D eigenvalue weighted by Crippen LogP contribution is 2.43. The summed E-state index contributed by atoms with van der Waals surface area (Å²) >= 11 is 13.6. The van der Waals surface area contributed by atoms with Gasteiger partial charge in [0.05, 0.1) is 28.3 Å². The van der Waals surface area contributed by atoms with Crippen molar-refractivity contribution in [1.82, 2.24) is 0 Å². The number of sulfone groups is 1. The van der Waals surface area contributed by atoms with Gasteiger partial charge in [0.2, 0.25) is 0 Å². The van der Waals surface area contributed by atoms with Crippen LogP contribution in [-0.2, 0) is 14.6 Å². The summed E-state index contributed by atoms with van der Waals surface area (Å²) in [6.07, 6.45) is 0. The summed E-state index contributed by atoms with van der Waals surface area (Å²) in [7, 11) is -3.12. The van der Waals surface area contributed by atoms with Gasteiger partial charge >= 0.3 is 0 Å². The Balaban J connectivity index is 2.07. The molecule has 2 fully saturated rings. The summed E-state index contributed by atoms with van der Waals surface area (Å²) < 4.78 is 24.1. The van der Waals surface area contributed by atoms with Crippen LogP contribution < -0.4 is 4.90 Å². The van der Waals surface area contributed by atoms with Gasteiger partial charge in [0, 0.05) is 15.7 Å². The normalized spacial score (nSPS) is 26.9. The third kappa shape index (κ3) is 3.84. The molecule has 2 heterocycles. The molecule has 0 bridgehead atoms. The summed E-state index contributed by atoms with van der Waals surface area (Å²) in [5.74, 6) is -0.160. The van der Waals surface area contributed by atoms with Gasteiger partial charge in [0.1, 0.15) is 0 Å². The third-order valence-electron chi connectivity index (χ3n) is 4.07. The number of anilines is 1. The van der Waals surface area contributed by atoms with Gasteiger partial charge in [-0.15, -0.1) is 0 Å². The van der Waals surface area contributed by atoms with E-state index in [4.69, 9.17) is 23.2 Å². The number of halogens is 2. The number of rotatable bonds is 1. The van der Waals surface area contributed by atoms with Crippen molar-refractivity contribution in [3.63, 3.8) is 0 Å². The Hall–Kier alpha value is -0.760. The zero-order valence-electron chi connectivity index (χ0n) is 14.0. The van der Waals surface area contributed by atoms with E-state index < -0.39 is 15.3 Å². The van der Waals surface area contributed by atoms with Crippen molar-refractivity contribution in [2.75, 3.05) is 16.4 Å². The monoisotopic (exact) mass is 420 g/mol. The van der Waals surface area contributed by atoms with E-state index in [0.29, 0.717) is 20.9 Å². The number of amides is 1. The number of carbonyl (C=O) groups is 1. The van der Waals surface area contributed by atoms with E-state index in [1.165, 1.54) is 11.8 Å². The van der Waals surface area contributed by atoms with Crippen LogP contribution in [0.5, 0.6) is 0 Å². The van der Waals surface area contributed by atoms with Gasteiger partial charge in [-0.3, -0.25) is 4.79 Å². The Morgan fingerprint density at radius 1 is 1.28 bits per heavy atom. The van der Waals surface area contributed by atoms with Gasteiger partial charge in [-0.25, -0.2) is 8.42 Å². The van der Waals surface area contributed by atoms with Crippen LogP contribution in [0.2, 0.25) is 10.0 Å². The molecule has 0 radical (unpaired) electrons. The largest absolute Gasteiger partial charge is 0.314 e. The lowest BCUT2D eigenvalue weighted by Gasteiger charge is -2.26. The molecule has 25 heavy (non-hydrogen) atoms. The number of nitrogens with zero attached hydrogens (tertiary/aromatic N) is 2. The zero-order chi connectivity index (χ0) is 18.6. The van der Waals surface area contributed by atoms with E-state index in [2.05, 4.69) is 4.99 Å². The quantitative estimate of drug-likeness (QED) is 0.693. The molecule has 0 aliphatic carbocycles. The number of benzene rings is 1. The molecule has 2 atom stereocenters. The molecule has 2 aliphatic rings. The first-order valence-electron chi connectivity index (χ1n) is 7.72. The highest BCUT2D eigenvalue weighted by atomic mass is 35.5. The first-order valence-corrected chi connectivity index (χ1v) is 11.2. The van der Waals surface area contributed by atoms with Crippen molar-refractivity contribution < 1.29 is 13.2 Å². The summed E-state index contributed by atoms with van der Waals surface area (Å²) in [5.41, 5.74) is -0.00379. The average molecular weight is 421 g/mol. The molecule has 9 heteroatoms. The van der Waals surface area contributed by atoms with Crippen LogP contribution in [0.3, 0.4) is 0 Å². The molecule has 0 N–H and O–H groups in total. The number of hydrogen-bond acceptors (Lipinski definition) is 4. The molecule has 0 unspecified atom stereocenters. The molecule has 0 aromatic heterocycles. The fourth-order valence-corrected chi connectivity index (χ4v) is 7.18. The Bertz CT molecular complexity index is 863. The van der Waals surface area contributed by atoms with Crippen LogP contribution in [0.25, 0.3) is 0 Å². The maximum Gasteiger partial charge on any atom is 0.253 e. The van der Waals surface area contributed by atoms with Crippen LogP contribution in [0, 0.1) is 5.41 Å². The van der Waals surface area contributed by atoms with Crippen LogP contribution >= 0.6 is 35.0 Å². The van der Waals surface area contributed by atoms with Crippen molar-refractivity contribution in [2.45, 2.75) is 32.1 Å². The number of carbonyl (C=O) groups excluding carboxylic acids is 1. The molecule has 1 aromatic carbocycles. The number of amidine groups is 1. The predicted octanol–water partition coefficient (Wildman–Crippen LogP) is 3.64. The van der Waals surface area contributed by atoms with Gasteiger partial charge in [-0.1, -0.05) is 55.7 Å². The first kappa shape index (κ1) is 19.0. The number of fused-ring (bicyclic) bond motifs is 1. The van der Waals surface area contributed by atoms with Gasteiger partial charge in [0.15, 0.2) is 15.0 Å². The molecule has 5 nitrogen and oxygen atoms in total. The minimum atomic E-state index is -3.12. The second-order valence-electron chi connectivity index (χ2n) is 7.22. The molecule has 1 aromatic rings. The molecule has 2 saturated heterocycles. The molecule has 0 saturated carbocycles. The fourth-order valence-electron chi connectivity index (χ4n) is 2.78. The maximum atomic E-state index is 12.4. The smallest absolute Gasteiger partial charge is 0.253 e. The van der Waals surface area contributed by atoms with Crippen LogP contribution in [0.1, 0.15) is 20.8 Å². The van der Waals surface area contributed by atoms with Gasteiger partial charge in [-0.2, -0.15) is 4.99 Å². The van der Waals surface area contributed by atoms with Crippen LogP contribution in [-0.4, -0.2) is 42.3 Å². The van der Waals surface area contributed by atoms with E-state index in [9.17, 15) is 13.2 Å². The highest BCUT2D eigenvalue weighted by molar-refractivity contribution is 8.16. The fraction of sp³-hybridized carbons (Fsp3) is 0.500. The first-order chi connectivity index (χ1) is 11.5. The third-order valence-corrected chi connectivity index (χ3v) is 7.82. The summed E-state index contributed by atoms with van der Waals surface area (Å²) in [4.78, 5) is 18.4. The summed E-state index contributed by atoms with van der Waals surface area (Å²) in [5, 5.41) is 1.21. The highest BCUT2D eigenvalue weighted by Gasteiger charge is 2.50. The molecule has 2 aliphatic heterocycles. The topological polar surface area (TPSA) is 66.8 Å². The Labute approximate surface area is 161 Å². The van der Waals surface area contributed by atoms with E-state index >= 15 is 0 Å². The summed E-state index contributed by atoms with van der Waals surface area (Å²) in [6, 6.07) is 4.73. The minimum absolute atomic E-state index is 0.0202. The molecule has 0 spiro atoms. The standard InChI is InChI=1S/C16H18Cl2N2O3S2/c1-16(2,3)14(21)19-15-20(11-5-4-9(17)6-10(11)18)12-7-25(22,23)8-13(12)24-15/h4-6,12-13H,7-8H2,1-3H3/t12-,13+/m0/s1. The average Bonchev–Trinajstić information content (AvgIpc) is 2.90. The Morgan fingerprint density at radius 3 is 2.56 bits per heavy atom. The van der Waals surface area contributed by atoms with Crippen LogP contribution in [0.4, 0.5) is 5.69 Å². The van der Waals surface area contributed by atoms with Crippen LogP contribution in [0.15, 0.2) is 23.2 Å². The number of aliphatic imine (C=N–C) groups is 1. The molecule has 1 amide bonds. The lowest BCUT2D eigenvalue weighted by atomic mass is 9.96. The summed E-state index contributed by atoms with van der Waals surface area (Å²) in [6.45, 7) is 5.39. The van der Waals surface area contributed by atoms with E-state index in [-0.39, 0.29) is 28.7 Å². The van der Waals surface area contributed by atoms with Crippen molar-refractivity contribution in [3.05, 3.63) is 28.2 Å². The van der Waals surface area contributed by atoms with Crippen molar-refractivity contribution in [2.24, 2.45) is 10.4 Å². The van der Waals surface area contributed by atoms with E-state index in [1.807, 2.05) is 0 Å². The van der Waals surface area contributed by atoms with Gasteiger partial charge in [-0.05, 0) is 18.2 Å². The number of hydrogen-bond donors (Lipinski definition) is 0. The predicted molar refractivity (Wildman–Crippen MR) is 105 cm³/mol. The lowest BCUT2D eigenvalue weighted by Crippen LogP contribution is -2.38.